The lowest BCUT2D eigenvalue weighted by molar-refractivity contribution is 0.490. The predicted octanol–water partition coefficient (Wildman–Crippen LogP) is 3.06. The van der Waals surface area contributed by atoms with E-state index >= 15 is 0 Å². The normalized spacial score (nSPS) is 25.0. The molecule has 1 aromatic rings. The van der Waals surface area contributed by atoms with E-state index < -0.39 is 0 Å². The molecule has 1 atom stereocenters. The number of nitrogens with zero attached hydrogens (tertiary/aromatic N) is 1. The number of anilines is 1. The van der Waals surface area contributed by atoms with Crippen molar-refractivity contribution in [2.75, 3.05) is 24.5 Å². The van der Waals surface area contributed by atoms with Crippen molar-refractivity contribution in [3.05, 3.63) is 29.0 Å². The zero-order valence-electron chi connectivity index (χ0n) is 10.3. The largest absolute Gasteiger partial charge is 0.369 e. The van der Waals surface area contributed by atoms with Crippen molar-refractivity contribution in [2.24, 2.45) is 5.92 Å². The Labute approximate surface area is 112 Å². The van der Waals surface area contributed by atoms with Crippen LogP contribution in [0.1, 0.15) is 19.3 Å². The third kappa shape index (κ3) is 2.62. The van der Waals surface area contributed by atoms with E-state index in [0.29, 0.717) is 11.1 Å². The number of nitrogens with one attached hydrogen (secondary N) is 1. The van der Waals surface area contributed by atoms with Crippen LogP contribution in [-0.2, 0) is 0 Å². The second kappa shape index (κ2) is 5.06. The highest BCUT2D eigenvalue weighted by Gasteiger charge is 2.33. The summed E-state index contributed by atoms with van der Waals surface area (Å²) in [6.45, 7) is 3.04. The van der Waals surface area contributed by atoms with Gasteiger partial charge in [-0.1, -0.05) is 11.6 Å². The quantitative estimate of drug-likeness (QED) is 0.887. The second-order valence-electron chi connectivity index (χ2n) is 5.29. The molecule has 0 aromatic heterocycles. The van der Waals surface area contributed by atoms with Gasteiger partial charge in [-0.05, 0) is 49.9 Å². The zero-order chi connectivity index (χ0) is 12.5. The van der Waals surface area contributed by atoms with Crippen LogP contribution in [0.15, 0.2) is 18.2 Å². The summed E-state index contributed by atoms with van der Waals surface area (Å²) in [6.07, 6.45) is 3.78. The predicted molar refractivity (Wildman–Crippen MR) is 72.8 cm³/mol. The SMILES string of the molecule is Fc1ccc(N2CCCNC(C3CC3)C2)c(Cl)c1. The van der Waals surface area contributed by atoms with Crippen molar-refractivity contribution in [3.63, 3.8) is 0 Å². The summed E-state index contributed by atoms with van der Waals surface area (Å²) in [5, 5.41) is 4.14. The van der Waals surface area contributed by atoms with Gasteiger partial charge in [0.1, 0.15) is 5.82 Å². The van der Waals surface area contributed by atoms with Crippen molar-refractivity contribution >= 4 is 17.3 Å². The molecule has 1 aliphatic carbocycles. The van der Waals surface area contributed by atoms with Gasteiger partial charge >= 0.3 is 0 Å². The summed E-state index contributed by atoms with van der Waals surface area (Å²) >= 11 is 6.16. The van der Waals surface area contributed by atoms with E-state index in [9.17, 15) is 4.39 Å². The highest BCUT2D eigenvalue weighted by molar-refractivity contribution is 6.33. The van der Waals surface area contributed by atoms with Gasteiger partial charge in [0.05, 0.1) is 10.7 Å². The van der Waals surface area contributed by atoms with Crippen LogP contribution >= 0.6 is 11.6 Å². The van der Waals surface area contributed by atoms with E-state index in [1.807, 2.05) is 0 Å². The lowest BCUT2D eigenvalue weighted by Crippen LogP contribution is -2.39. The Morgan fingerprint density at radius 2 is 2.17 bits per heavy atom. The molecule has 2 nitrogen and oxygen atoms in total. The molecule has 2 aliphatic rings. The van der Waals surface area contributed by atoms with Gasteiger partial charge in [0.15, 0.2) is 0 Å². The minimum absolute atomic E-state index is 0.268. The van der Waals surface area contributed by atoms with Crippen molar-refractivity contribution in [1.29, 1.82) is 0 Å². The molecular formula is C14H18ClFN2. The van der Waals surface area contributed by atoms with E-state index in [2.05, 4.69) is 10.2 Å². The van der Waals surface area contributed by atoms with Crippen molar-refractivity contribution in [1.82, 2.24) is 5.32 Å². The van der Waals surface area contributed by atoms with Crippen molar-refractivity contribution < 1.29 is 4.39 Å². The monoisotopic (exact) mass is 268 g/mol. The molecule has 1 heterocycles. The average Bonchev–Trinajstić information content (AvgIpc) is 3.15. The minimum Gasteiger partial charge on any atom is -0.369 e. The maximum absolute atomic E-state index is 13.1. The summed E-state index contributed by atoms with van der Waals surface area (Å²) in [6, 6.07) is 5.26. The molecule has 2 fully saturated rings. The maximum Gasteiger partial charge on any atom is 0.124 e. The number of halogens is 2. The molecule has 1 saturated carbocycles. The molecule has 0 bridgehead atoms. The number of benzene rings is 1. The average molecular weight is 269 g/mol. The second-order valence-corrected chi connectivity index (χ2v) is 5.70. The number of rotatable bonds is 2. The lowest BCUT2D eigenvalue weighted by atomic mass is 10.1. The first-order chi connectivity index (χ1) is 8.74. The van der Waals surface area contributed by atoms with Crippen LogP contribution in [0.3, 0.4) is 0 Å². The summed E-state index contributed by atoms with van der Waals surface area (Å²) in [5.41, 5.74) is 0.965. The Kier molecular flexibility index (Phi) is 3.44. The molecule has 1 unspecified atom stereocenters. The maximum atomic E-state index is 13.1. The summed E-state index contributed by atoms with van der Waals surface area (Å²) in [7, 11) is 0. The highest BCUT2D eigenvalue weighted by Crippen LogP contribution is 2.35. The van der Waals surface area contributed by atoms with Crippen LogP contribution in [0.25, 0.3) is 0 Å². The molecule has 3 rings (SSSR count). The fourth-order valence-electron chi connectivity index (χ4n) is 2.72. The molecule has 18 heavy (non-hydrogen) atoms. The van der Waals surface area contributed by atoms with Crippen LogP contribution in [-0.4, -0.2) is 25.7 Å². The molecule has 98 valence electrons. The van der Waals surface area contributed by atoms with Gasteiger partial charge < -0.3 is 10.2 Å². The molecule has 1 saturated heterocycles. The molecule has 0 radical (unpaired) electrons. The van der Waals surface area contributed by atoms with Crippen LogP contribution in [0.5, 0.6) is 0 Å². The molecular weight excluding hydrogens is 251 g/mol. The van der Waals surface area contributed by atoms with Gasteiger partial charge in [-0.3, -0.25) is 0 Å². The van der Waals surface area contributed by atoms with E-state index in [1.54, 1.807) is 6.07 Å². The van der Waals surface area contributed by atoms with Crippen LogP contribution < -0.4 is 10.2 Å². The molecule has 4 heteroatoms. The van der Waals surface area contributed by atoms with Gasteiger partial charge in [0.25, 0.3) is 0 Å². The van der Waals surface area contributed by atoms with Crippen molar-refractivity contribution in [2.45, 2.75) is 25.3 Å². The number of hydrogen-bond donors (Lipinski definition) is 1. The van der Waals surface area contributed by atoms with E-state index in [4.69, 9.17) is 11.6 Å². The third-order valence-corrected chi connectivity index (χ3v) is 4.17. The molecule has 0 spiro atoms. The Morgan fingerprint density at radius 1 is 1.33 bits per heavy atom. The fourth-order valence-corrected chi connectivity index (χ4v) is 3.01. The smallest absolute Gasteiger partial charge is 0.124 e. The summed E-state index contributed by atoms with van der Waals surface area (Å²) in [4.78, 5) is 2.30. The third-order valence-electron chi connectivity index (χ3n) is 3.87. The Bertz CT molecular complexity index is 434. The standard InChI is InChI=1S/C14H18ClFN2/c15-12-8-11(16)4-5-14(12)18-7-1-6-17-13(9-18)10-2-3-10/h4-5,8,10,13,17H,1-3,6-7,9H2. The van der Waals surface area contributed by atoms with Crippen LogP contribution in [0.4, 0.5) is 10.1 Å². The van der Waals surface area contributed by atoms with Crippen LogP contribution in [0, 0.1) is 11.7 Å². The first kappa shape index (κ1) is 12.2. The highest BCUT2D eigenvalue weighted by atomic mass is 35.5. The van der Waals surface area contributed by atoms with E-state index in [1.165, 1.54) is 25.0 Å². The van der Waals surface area contributed by atoms with Gasteiger partial charge in [-0.15, -0.1) is 0 Å². The van der Waals surface area contributed by atoms with E-state index in [0.717, 1.165) is 37.7 Å². The van der Waals surface area contributed by atoms with Crippen molar-refractivity contribution in [3.8, 4) is 0 Å². The molecule has 1 N–H and O–H groups in total. The first-order valence-electron chi connectivity index (χ1n) is 6.67. The van der Waals surface area contributed by atoms with Gasteiger partial charge in [0, 0.05) is 19.1 Å². The van der Waals surface area contributed by atoms with Crippen LogP contribution in [0.2, 0.25) is 5.02 Å². The molecule has 0 amide bonds. The first-order valence-corrected chi connectivity index (χ1v) is 7.05. The van der Waals surface area contributed by atoms with Gasteiger partial charge in [0.2, 0.25) is 0 Å². The Hall–Kier alpha value is -0.800. The van der Waals surface area contributed by atoms with Gasteiger partial charge in [-0.2, -0.15) is 0 Å². The Balaban J connectivity index is 1.80. The minimum atomic E-state index is -0.268. The molecule has 1 aliphatic heterocycles. The lowest BCUT2D eigenvalue weighted by Gasteiger charge is -2.27. The Morgan fingerprint density at radius 3 is 2.89 bits per heavy atom. The van der Waals surface area contributed by atoms with E-state index in [-0.39, 0.29) is 5.82 Å². The summed E-state index contributed by atoms with van der Waals surface area (Å²) < 4.78 is 13.1. The summed E-state index contributed by atoms with van der Waals surface area (Å²) in [5.74, 6) is 0.556. The fraction of sp³-hybridized carbons (Fsp3) is 0.571. The zero-order valence-corrected chi connectivity index (χ0v) is 11.1. The molecule has 1 aromatic carbocycles. The topological polar surface area (TPSA) is 15.3 Å². The number of hydrogen-bond acceptors (Lipinski definition) is 2. The van der Waals surface area contributed by atoms with Gasteiger partial charge in [-0.25, -0.2) is 4.39 Å².